The lowest BCUT2D eigenvalue weighted by atomic mass is 10.1. The molecule has 3 rings (SSSR count). The second kappa shape index (κ2) is 5.35. The number of benzene rings is 2. The maximum atomic E-state index is 12.0. The Hall–Kier alpha value is -2.53. The molecule has 0 aliphatic heterocycles. The van der Waals surface area contributed by atoms with E-state index in [0.29, 0.717) is 10.7 Å². The highest BCUT2D eigenvalue weighted by atomic mass is 35.5. The van der Waals surface area contributed by atoms with E-state index in [4.69, 9.17) is 16.0 Å². The van der Waals surface area contributed by atoms with Crippen LogP contribution >= 0.6 is 11.6 Å². The first-order valence-electron chi connectivity index (χ1n) is 6.62. The van der Waals surface area contributed by atoms with Crippen LogP contribution < -0.4 is 5.76 Å². The molecule has 0 radical (unpaired) electrons. The first-order chi connectivity index (χ1) is 10.5. The molecular formula is C16H13ClN2O3. The van der Waals surface area contributed by atoms with Gasteiger partial charge in [0.2, 0.25) is 0 Å². The number of aryl methyl sites for hydroxylation is 2. The number of phenolic OH excluding ortho intramolecular Hbond substituents is 1. The molecule has 112 valence electrons. The highest BCUT2D eigenvalue weighted by Crippen LogP contribution is 2.30. The van der Waals surface area contributed by atoms with Crippen LogP contribution in [-0.2, 0) is 0 Å². The molecule has 0 aliphatic rings. The summed E-state index contributed by atoms with van der Waals surface area (Å²) in [5.41, 5.74) is 3.03. The van der Waals surface area contributed by atoms with Gasteiger partial charge in [0.25, 0.3) is 5.89 Å². The van der Waals surface area contributed by atoms with Gasteiger partial charge in [-0.15, -0.1) is 5.10 Å². The summed E-state index contributed by atoms with van der Waals surface area (Å²) in [6.45, 7) is 3.94. The first kappa shape index (κ1) is 14.4. The Morgan fingerprint density at radius 1 is 1.14 bits per heavy atom. The second-order valence-corrected chi connectivity index (χ2v) is 5.45. The van der Waals surface area contributed by atoms with Gasteiger partial charge in [0.15, 0.2) is 0 Å². The van der Waals surface area contributed by atoms with E-state index in [1.807, 2.05) is 26.0 Å². The Morgan fingerprint density at radius 3 is 2.64 bits per heavy atom. The molecule has 0 saturated carbocycles. The van der Waals surface area contributed by atoms with Gasteiger partial charge >= 0.3 is 5.76 Å². The van der Waals surface area contributed by atoms with Crippen LogP contribution in [0.5, 0.6) is 5.75 Å². The molecule has 2 aromatic carbocycles. The minimum atomic E-state index is -0.627. The lowest BCUT2D eigenvalue weighted by Gasteiger charge is -2.03. The summed E-state index contributed by atoms with van der Waals surface area (Å²) in [6.07, 6.45) is 0. The largest absolute Gasteiger partial charge is 0.507 e. The van der Waals surface area contributed by atoms with Crippen molar-refractivity contribution in [3.8, 4) is 22.9 Å². The maximum Gasteiger partial charge on any atom is 0.442 e. The molecule has 0 amide bonds. The molecule has 6 heteroatoms. The minimum Gasteiger partial charge on any atom is -0.507 e. The summed E-state index contributed by atoms with van der Waals surface area (Å²) in [5, 5.41) is 14.4. The van der Waals surface area contributed by atoms with Crippen LogP contribution in [0, 0.1) is 13.8 Å². The molecule has 0 fully saturated rings. The van der Waals surface area contributed by atoms with Gasteiger partial charge in [-0.25, -0.2) is 4.79 Å². The third-order valence-electron chi connectivity index (χ3n) is 3.47. The van der Waals surface area contributed by atoms with Gasteiger partial charge in [0.05, 0.1) is 11.3 Å². The lowest BCUT2D eigenvalue weighted by molar-refractivity contribution is 0.469. The van der Waals surface area contributed by atoms with Crippen LogP contribution in [0.15, 0.2) is 45.6 Å². The molecule has 1 N–H and O–H groups in total. The number of hydrogen-bond donors (Lipinski definition) is 1. The van der Waals surface area contributed by atoms with Crippen LogP contribution in [0.1, 0.15) is 11.1 Å². The third kappa shape index (κ3) is 2.51. The average molecular weight is 317 g/mol. The smallest absolute Gasteiger partial charge is 0.442 e. The molecule has 0 bridgehead atoms. The predicted octanol–water partition coefficient (Wildman–Crippen LogP) is 3.47. The van der Waals surface area contributed by atoms with E-state index in [-0.39, 0.29) is 17.2 Å². The number of hydrogen-bond acceptors (Lipinski definition) is 4. The van der Waals surface area contributed by atoms with E-state index >= 15 is 0 Å². The van der Waals surface area contributed by atoms with E-state index in [1.54, 1.807) is 12.1 Å². The van der Waals surface area contributed by atoms with Gasteiger partial charge in [-0.2, -0.15) is 4.68 Å². The van der Waals surface area contributed by atoms with E-state index in [1.165, 1.54) is 12.1 Å². The Bertz CT molecular complexity index is 912. The fourth-order valence-corrected chi connectivity index (χ4v) is 2.26. The molecule has 3 aromatic rings. The van der Waals surface area contributed by atoms with Gasteiger partial charge < -0.3 is 9.52 Å². The standard InChI is InChI=1S/C16H13ClN2O3/c1-9-3-5-12(7-10(9)2)19-16(21)22-15(18-19)13-8-11(17)4-6-14(13)20/h3-8,20H,1-2H3. The number of rotatable bonds is 2. The molecule has 0 atom stereocenters. The number of aromatic hydroxyl groups is 1. The lowest BCUT2D eigenvalue weighted by Crippen LogP contribution is -2.13. The molecule has 22 heavy (non-hydrogen) atoms. The molecular weight excluding hydrogens is 304 g/mol. The summed E-state index contributed by atoms with van der Waals surface area (Å²) in [4.78, 5) is 12.0. The highest BCUT2D eigenvalue weighted by Gasteiger charge is 2.15. The molecule has 0 unspecified atom stereocenters. The quantitative estimate of drug-likeness (QED) is 0.786. The Kier molecular flexibility index (Phi) is 3.50. The maximum absolute atomic E-state index is 12.0. The zero-order valence-electron chi connectivity index (χ0n) is 12.0. The Morgan fingerprint density at radius 2 is 1.91 bits per heavy atom. The topological polar surface area (TPSA) is 68.3 Å². The normalized spacial score (nSPS) is 10.9. The molecule has 5 nitrogen and oxygen atoms in total. The van der Waals surface area contributed by atoms with Gasteiger partial charge in [-0.3, -0.25) is 0 Å². The van der Waals surface area contributed by atoms with Gasteiger partial charge in [0.1, 0.15) is 5.75 Å². The van der Waals surface area contributed by atoms with Crippen LogP contribution in [-0.4, -0.2) is 14.9 Å². The summed E-state index contributed by atoms with van der Waals surface area (Å²) in [7, 11) is 0. The highest BCUT2D eigenvalue weighted by molar-refractivity contribution is 6.30. The van der Waals surface area contributed by atoms with Crippen LogP contribution in [0.2, 0.25) is 5.02 Å². The van der Waals surface area contributed by atoms with Crippen molar-refractivity contribution in [3.05, 3.63) is 63.1 Å². The van der Waals surface area contributed by atoms with E-state index in [2.05, 4.69) is 5.10 Å². The Balaban J connectivity index is 2.13. The fraction of sp³-hybridized carbons (Fsp3) is 0.125. The Labute approximate surface area is 131 Å². The van der Waals surface area contributed by atoms with Crippen molar-refractivity contribution in [3.63, 3.8) is 0 Å². The average Bonchev–Trinajstić information content (AvgIpc) is 2.86. The van der Waals surface area contributed by atoms with Crippen LogP contribution in [0.25, 0.3) is 17.1 Å². The van der Waals surface area contributed by atoms with Gasteiger partial charge in [-0.1, -0.05) is 17.7 Å². The predicted molar refractivity (Wildman–Crippen MR) is 83.7 cm³/mol. The van der Waals surface area contributed by atoms with Crippen molar-refractivity contribution in [2.24, 2.45) is 0 Å². The number of halogens is 1. The van der Waals surface area contributed by atoms with E-state index < -0.39 is 5.76 Å². The second-order valence-electron chi connectivity index (χ2n) is 5.01. The van der Waals surface area contributed by atoms with Crippen molar-refractivity contribution >= 4 is 11.6 Å². The minimum absolute atomic E-state index is 0.0169. The molecule has 0 spiro atoms. The summed E-state index contributed by atoms with van der Waals surface area (Å²) >= 11 is 5.90. The van der Waals surface area contributed by atoms with Gasteiger partial charge in [0, 0.05) is 5.02 Å². The zero-order valence-corrected chi connectivity index (χ0v) is 12.8. The van der Waals surface area contributed by atoms with Crippen molar-refractivity contribution < 1.29 is 9.52 Å². The summed E-state index contributed by atoms with van der Waals surface area (Å²) < 4.78 is 6.29. The molecule has 0 saturated heterocycles. The zero-order chi connectivity index (χ0) is 15.9. The van der Waals surface area contributed by atoms with Crippen molar-refractivity contribution in [1.82, 2.24) is 9.78 Å². The number of nitrogens with zero attached hydrogens (tertiary/aromatic N) is 2. The SMILES string of the molecule is Cc1ccc(-n2nc(-c3cc(Cl)ccc3O)oc2=O)cc1C. The third-order valence-corrected chi connectivity index (χ3v) is 3.71. The summed E-state index contributed by atoms with van der Waals surface area (Å²) in [6, 6.07) is 10.00. The van der Waals surface area contributed by atoms with Crippen LogP contribution in [0.4, 0.5) is 0 Å². The molecule has 0 aliphatic carbocycles. The molecule has 1 aromatic heterocycles. The monoisotopic (exact) mass is 316 g/mol. The first-order valence-corrected chi connectivity index (χ1v) is 7.00. The van der Waals surface area contributed by atoms with Crippen molar-refractivity contribution in [2.45, 2.75) is 13.8 Å². The van der Waals surface area contributed by atoms with Crippen molar-refractivity contribution in [1.29, 1.82) is 0 Å². The number of aromatic nitrogens is 2. The van der Waals surface area contributed by atoms with Gasteiger partial charge in [-0.05, 0) is 55.3 Å². The van der Waals surface area contributed by atoms with Crippen molar-refractivity contribution in [2.75, 3.05) is 0 Å². The number of phenols is 1. The van der Waals surface area contributed by atoms with E-state index in [0.717, 1.165) is 15.8 Å². The van der Waals surface area contributed by atoms with E-state index in [9.17, 15) is 9.90 Å². The fourth-order valence-electron chi connectivity index (χ4n) is 2.09. The van der Waals surface area contributed by atoms with Crippen LogP contribution in [0.3, 0.4) is 0 Å². The molecule has 1 heterocycles. The summed E-state index contributed by atoms with van der Waals surface area (Å²) in [5.74, 6) is -0.668.